The summed E-state index contributed by atoms with van der Waals surface area (Å²) in [7, 11) is 0. The van der Waals surface area contributed by atoms with Gasteiger partial charge in [0.15, 0.2) is 0 Å². The van der Waals surface area contributed by atoms with E-state index in [-0.39, 0.29) is 0 Å². The molecule has 0 heterocycles. The Balaban J connectivity index is 2.93. The van der Waals surface area contributed by atoms with E-state index in [4.69, 9.17) is 0 Å². The Labute approximate surface area is 112 Å². The molecule has 0 amide bonds. The van der Waals surface area contributed by atoms with Crippen LogP contribution in [0, 0.1) is 0 Å². The van der Waals surface area contributed by atoms with Crippen LogP contribution in [0.25, 0.3) is 6.08 Å². The van der Waals surface area contributed by atoms with Crippen molar-refractivity contribution in [3.05, 3.63) is 35.4 Å². The molecule has 1 aromatic carbocycles. The molecule has 0 aromatic heterocycles. The van der Waals surface area contributed by atoms with Crippen molar-refractivity contribution in [1.29, 1.82) is 0 Å². The minimum absolute atomic E-state index is 1.06. The molecule has 0 aliphatic rings. The molecule has 0 bridgehead atoms. The second kappa shape index (κ2) is 7.97. The number of nitrogens with one attached hydrogen (secondary N) is 1. The molecule has 1 nitrogen and oxygen atoms in total. The lowest BCUT2D eigenvalue weighted by molar-refractivity contribution is 0.743. The highest BCUT2D eigenvalue weighted by Crippen LogP contribution is 2.27. The number of benzene rings is 1. The van der Waals surface area contributed by atoms with Gasteiger partial charge >= 0.3 is 0 Å². The van der Waals surface area contributed by atoms with Crippen molar-refractivity contribution in [1.82, 2.24) is 0 Å². The van der Waals surface area contributed by atoms with Gasteiger partial charge in [-0.15, -0.1) is 0 Å². The summed E-state index contributed by atoms with van der Waals surface area (Å²) in [6.45, 7) is 11.7. The van der Waals surface area contributed by atoms with E-state index in [1.807, 2.05) is 6.08 Å². The van der Waals surface area contributed by atoms with Gasteiger partial charge in [-0.05, 0) is 36.0 Å². The van der Waals surface area contributed by atoms with Gasteiger partial charge in [0, 0.05) is 12.2 Å². The second-order valence-corrected chi connectivity index (χ2v) is 4.71. The maximum absolute atomic E-state index is 3.93. The third-order valence-electron chi connectivity index (χ3n) is 3.48. The number of hydrogen-bond donors (Lipinski definition) is 1. The zero-order valence-electron chi connectivity index (χ0n) is 12.2. The van der Waals surface area contributed by atoms with Gasteiger partial charge in [0.05, 0.1) is 0 Å². The lowest BCUT2D eigenvalue weighted by Gasteiger charge is -2.17. The minimum Gasteiger partial charge on any atom is -0.384 e. The predicted molar refractivity (Wildman–Crippen MR) is 83.3 cm³/mol. The van der Waals surface area contributed by atoms with Crippen LogP contribution in [-0.4, -0.2) is 6.54 Å². The molecule has 0 aliphatic heterocycles. The van der Waals surface area contributed by atoms with E-state index in [0.717, 1.165) is 19.4 Å². The molecule has 100 valence electrons. The monoisotopic (exact) mass is 245 g/mol. The normalized spacial score (nSPS) is 10.4. The number of aryl methyl sites for hydroxylation is 1. The number of rotatable bonds is 8. The maximum Gasteiger partial charge on any atom is 0.0448 e. The molecule has 0 atom stereocenters. The van der Waals surface area contributed by atoms with Crippen LogP contribution in [0.5, 0.6) is 0 Å². The van der Waals surface area contributed by atoms with Crippen LogP contribution in [0.3, 0.4) is 0 Å². The first-order chi connectivity index (χ1) is 8.78. The lowest BCUT2D eigenvalue weighted by atomic mass is 9.97. The summed E-state index contributed by atoms with van der Waals surface area (Å²) in [5.74, 6) is 0. The van der Waals surface area contributed by atoms with Crippen LogP contribution in [0.1, 0.15) is 56.7 Å². The molecular weight excluding hydrogens is 218 g/mol. The quantitative estimate of drug-likeness (QED) is 0.631. The van der Waals surface area contributed by atoms with Crippen molar-refractivity contribution in [2.45, 2.75) is 52.9 Å². The van der Waals surface area contributed by atoms with E-state index in [2.05, 4.69) is 44.8 Å². The van der Waals surface area contributed by atoms with E-state index in [1.165, 1.54) is 41.6 Å². The lowest BCUT2D eigenvalue weighted by Crippen LogP contribution is -2.07. The van der Waals surface area contributed by atoms with Crippen molar-refractivity contribution < 1.29 is 0 Å². The molecule has 0 unspecified atom stereocenters. The third kappa shape index (κ3) is 3.63. The third-order valence-corrected chi connectivity index (χ3v) is 3.48. The first-order valence-electron chi connectivity index (χ1n) is 7.29. The molecule has 1 heteroatoms. The van der Waals surface area contributed by atoms with Gasteiger partial charge in [-0.2, -0.15) is 0 Å². The van der Waals surface area contributed by atoms with Crippen LogP contribution >= 0.6 is 0 Å². The smallest absolute Gasteiger partial charge is 0.0448 e. The Morgan fingerprint density at radius 1 is 1.11 bits per heavy atom. The van der Waals surface area contributed by atoms with E-state index in [0.29, 0.717) is 0 Å². The molecular formula is C17H27N. The van der Waals surface area contributed by atoms with Crippen molar-refractivity contribution in [3.8, 4) is 0 Å². The van der Waals surface area contributed by atoms with Crippen LogP contribution in [0.2, 0.25) is 0 Å². The fourth-order valence-corrected chi connectivity index (χ4v) is 2.41. The summed E-state index contributed by atoms with van der Waals surface area (Å²) in [5, 5.41) is 3.62. The zero-order chi connectivity index (χ0) is 13.4. The van der Waals surface area contributed by atoms with Crippen molar-refractivity contribution in [2.24, 2.45) is 0 Å². The first-order valence-corrected chi connectivity index (χ1v) is 7.29. The van der Waals surface area contributed by atoms with Gasteiger partial charge in [0.1, 0.15) is 0 Å². The van der Waals surface area contributed by atoms with Crippen molar-refractivity contribution in [2.75, 3.05) is 11.9 Å². The molecule has 1 aromatic rings. The largest absolute Gasteiger partial charge is 0.384 e. The minimum atomic E-state index is 1.06. The van der Waals surface area contributed by atoms with E-state index in [1.54, 1.807) is 0 Å². The van der Waals surface area contributed by atoms with Gasteiger partial charge < -0.3 is 5.32 Å². The van der Waals surface area contributed by atoms with E-state index < -0.39 is 0 Å². The molecule has 0 saturated heterocycles. The maximum atomic E-state index is 3.93. The van der Waals surface area contributed by atoms with Crippen LogP contribution in [-0.2, 0) is 12.8 Å². The average Bonchev–Trinajstić information content (AvgIpc) is 2.42. The number of unbranched alkanes of at least 4 members (excludes halogenated alkanes) is 2. The molecule has 0 radical (unpaired) electrons. The summed E-state index contributed by atoms with van der Waals surface area (Å²) < 4.78 is 0. The summed E-state index contributed by atoms with van der Waals surface area (Å²) in [4.78, 5) is 0. The Hall–Kier alpha value is -1.24. The van der Waals surface area contributed by atoms with Crippen LogP contribution in [0.4, 0.5) is 5.69 Å². The molecule has 0 aliphatic carbocycles. The highest BCUT2D eigenvalue weighted by molar-refractivity contribution is 5.71. The summed E-state index contributed by atoms with van der Waals surface area (Å²) in [6.07, 6.45) is 7.95. The van der Waals surface area contributed by atoms with Gasteiger partial charge in [-0.3, -0.25) is 0 Å². The predicted octanol–water partition coefficient (Wildman–Crippen LogP) is 5.06. The van der Waals surface area contributed by atoms with Crippen molar-refractivity contribution in [3.63, 3.8) is 0 Å². The zero-order valence-corrected chi connectivity index (χ0v) is 12.2. The Bertz CT molecular complexity index is 379. The van der Waals surface area contributed by atoms with Crippen LogP contribution < -0.4 is 5.32 Å². The summed E-state index contributed by atoms with van der Waals surface area (Å²) in [6, 6.07) is 4.43. The van der Waals surface area contributed by atoms with E-state index in [9.17, 15) is 0 Å². The first kappa shape index (κ1) is 14.8. The Morgan fingerprint density at radius 2 is 1.89 bits per heavy atom. The molecule has 1 rings (SSSR count). The standard InChI is InChI=1S/C17H27N/c1-5-9-10-13-18-17-15(7-3)12-11-14(6-2)16(17)8-4/h7,11-12,18H,3,5-6,8-10,13H2,1-2,4H3. The Kier molecular flexibility index (Phi) is 6.56. The second-order valence-electron chi connectivity index (χ2n) is 4.71. The van der Waals surface area contributed by atoms with E-state index >= 15 is 0 Å². The summed E-state index contributed by atoms with van der Waals surface area (Å²) in [5.41, 5.74) is 5.47. The molecule has 0 spiro atoms. The highest BCUT2D eigenvalue weighted by Gasteiger charge is 2.08. The molecule has 0 fully saturated rings. The SMILES string of the molecule is C=Cc1ccc(CC)c(CC)c1NCCCCC. The number of anilines is 1. The van der Waals surface area contributed by atoms with Gasteiger partial charge in [-0.25, -0.2) is 0 Å². The van der Waals surface area contributed by atoms with Crippen molar-refractivity contribution >= 4 is 11.8 Å². The molecule has 1 N–H and O–H groups in total. The molecule has 18 heavy (non-hydrogen) atoms. The van der Waals surface area contributed by atoms with Gasteiger partial charge in [0.2, 0.25) is 0 Å². The molecule has 0 saturated carbocycles. The Morgan fingerprint density at radius 3 is 2.44 bits per heavy atom. The fourth-order valence-electron chi connectivity index (χ4n) is 2.41. The van der Waals surface area contributed by atoms with Gasteiger partial charge in [0.25, 0.3) is 0 Å². The number of hydrogen-bond acceptors (Lipinski definition) is 1. The van der Waals surface area contributed by atoms with Crippen LogP contribution in [0.15, 0.2) is 18.7 Å². The summed E-state index contributed by atoms with van der Waals surface area (Å²) >= 11 is 0. The highest BCUT2D eigenvalue weighted by atomic mass is 14.9. The average molecular weight is 245 g/mol. The topological polar surface area (TPSA) is 12.0 Å². The fraction of sp³-hybridized carbons (Fsp3) is 0.529. The van der Waals surface area contributed by atoms with Gasteiger partial charge in [-0.1, -0.05) is 58.4 Å².